The van der Waals surface area contributed by atoms with Gasteiger partial charge in [-0.3, -0.25) is 4.31 Å². The average Bonchev–Trinajstić information content (AvgIpc) is 3.23. The number of rotatable bonds is 6. The van der Waals surface area contributed by atoms with Crippen LogP contribution in [0.3, 0.4) is 0 Å². The first kappa shape index (κ1) is 24.5. The molecule has 1 aliphatic heterocycles. The van der Waals surface area contributed by atoms with Crippen LogP contribution < -0.4 is 14.9 Å². The van der Waals surface area contributed by atoms with Gasteiger partial charge in [0.05, 0.1) is 16.6 Å². The molecule has 1 atom stereocenters. The molecule has 0 saturated carbocycles. The highest BCUT2D eigenvalue weighted by Gasteiger charge is 2.42. The third kappa shape index (κ3) is 4.42. The van der Waals surface area contributed by atoms with Crippen LogP contribution in [0.25, 0.3) is 0 Å². The zero-order valence-electron chi connectivity index (χ0n) is 20.8. The molecule has 1 aliphatic rings. The number of anilines is 1. The first-order chi connectivity index (χ1) is 17.2. The number of aryl methyl sites for hydroxylation is 3. The van der Waals surface area contributed by atoms with Gasteiger partial charge >= 0.3 is 0 Å². The molecule has 4 nitrogen and oxygen atoms in total. The van der Waals surface area contributed by atoms with E-state index in [0.717, 1.165) is 32.9 Å². The van der Waals surface area contributed by atoms with Crippen LogP contribution in [0.4, 0.5) is 5.69 Å². The fourth-order valence-corrected chi connectivity index (χ4v) is 9.61. The molecule has 0 aliphatic carbocycles. The summed E-state index contributed by atoms with van der Waals surface area (Å²) < 4.78 is 44.5. The minimum atomic E-state index is -3.86. The van der Waals surface area contributed by atoms with Gasteiger partial charge in [-0.1, -0.05) is 95.6 Å². The summed E-state index contributed by atoms with van der Waals surface area (Å²) in [5.41, 5.74) is 4.80. The minimum Gasteiger partial charge on any atom is -0.314 e. The Bertz CT molecular complexity index is 1490. The quantitative estimate of drug-likeness (QED) is 0.308. The molecule has 0 saturated heterocycles. The van der Waals surface area contributed by atoms with Crippen LogP contribution in [-0.4, -0.2) is 20.6 Å². The van der Waals surface area contributed by atoms with E-state index in [2.05, 4.69) is 0 Å². The molecule has 1 unspecified atom stereocenters. The smallest absolute Gasteiger partial charge is 0.264 e. The largest absolute Gasteiger partial charge is 0.314 e. The van der Waals surface area contributed by atoms with Crippen molar-refractivity contribution in [2.45, 2.75) is 38.1 Å². The van der Waals surface area contributed by atoms with E-state index in [1.165, 1.54) is 4.31 Å². The van der Waals surface area contributed by atoms with Crippen LogP contribution >= 0.6 is 7.14 Å². The Morgan fingerprint density at radius 2 is 1.19 bits per heavy atom. The van der Waals surface area contributed by atoms with Crippen molar-refractivity contribution < 1.29 is 13.0 Å². The molecular weight excluding hydrogens is 485 g/mol. The van der Waals surface area contributed by atoms with Gasteiger partial charge in [0.1, 0.15) is 7.14 Å². The third-order valence-electron chi connectivity index (χ3n) is 6.96. The number of benzene rings is 4. The molecular formula is C30H30NO3PS. The Labute approximate surface area is 214 Å². The number of sulfonamides is 1. The van der Waals surface area contributed by atoms with E-state index in [1.807, 2.05) is 106 Å². The van der Waals surface area contributed by atoms with Crippen LogP contribution in [0.2, 0.25) is 0 Å². The van der Waals surface area contributed by atoms with Gasteiger partial charge in [0.2, 0.25) is 0 Å². The first-order valence-corrected chi connectivity index (χ1v) is 15.4. The van der Waals surface area contributed by atoms with Crippen LogP contribution in [0.1, 0.15) is 22.3 Å². The lowest BCUT2D eigenvalue weighted by Crippen LogP contribution is -2.41. The Hall–Kier alpha value is -3.14. The predicted octanol–water partition coefficient (Wildman–Crippen LogP) is 5.75. The Morgan fingerprint density at radius 3 is 1.72 bits per heavy atom. The highest BCUT2D eigenvalue weighted by Crippen LogP contribution is 2.48. The van der Waals surface area contributed by atoms with E-state index >= 15 is 0 Å². The zero-order chi connectivity index (χ0) is 25.5. The standard InChI is InChI=1S/C30H30NO3PS/c1-22-8-14-27(15-9-22)35(32,28-16-10-23(2)11-17-28)21-26-20-25-6-4-5-7-30(25)31(26)36(33,34)29-18-12-24(3)13-19-29/h4-19,26H,20-21H2,1-3H3. The van der Waals surface area contributed by atoms with E-state index in [-0.39, 0.29) is 11.1 Å². The van der Waals surface area contributed by atoms with Gasteiger partial charge in [-0.05, 0) is 51.0 Å². The third-order valence-corrected chi connectivity index (χ3v) is 12.0. The molecule has 0 aromatic heterocycles. The zero-order valence-corrected chi connectivity index (χ0v) is 22.5. The number of hydrogen-bond donors (Lipinski definition) is 0. The summed E-state index contributed by atoms with van der Waals surface area (Å²) in [5, 5.41) is 1.50. The predicted molar refractivity (Wildman–Crippen MR) is 149 cm³/mol. The topological polar surface area (TPSA) is 54.5 Å². The Balaban J connectivity index is 1.63. The second-order valence-corrected chi connectivity index (χ2v) is 14.4. The fourth-order valence-electron chi connectivity index (χ4n) is 4.95. The van der Waals surface area contributed by atoms with Crippen LogP contribution in [0.15, 0.2) is 102 Å². The lowest BCUT2D eigenvalue weighted by atomic mass is 10.1. The maximum absolute atomic E-state index is 15.0. The van der Waals surface area contributed by atoms with Crippen molar-refractivity contribution in [3.05, 3.63) is 119 Å². The van der Waals surface area contributed by atoms with Gasteiger partial charge in [-0.2, -0.15) is 0 Å². The monoisotopic (exact) mass is 515 g/mol. The Morgan fingerprint density at radius 1 is 0.722 bits per heavy atom. The number of para-hydroxylation sites is 1. The lowest BCUT2D eigenvalue weighted by molar-refractivity contribution is 0.575. The van der Waals surface area contributed by atoms with Crippen molar-refractivity contribution in [3.63, 3.8) is 0 Å². The first-order valence-electron chi connectivity index (χ1n) is 12.1. The number of nitrogens with zero attached hydrogens (tertiary/aromatic N) is 1. The average molecular weight is 516 g/mol. The molecule has 0 N–H and O–H groups in total. The van der Waals surface area contributed by atoms with Crippen LogP contribution in [0, 0.1) is 20.8 Å². The molecule has 0 spiro atoms. The van der Waals surface area contributed by atoms with E-state index in [9.17, 15) is 13.0 Å². The van der Waals surface area contributed by atoms with Crippen molar-refractivity contribution in [2.75, 3.05) is 10.5 Å². The van der Waals surface area contributed by atoms with Crippen molar-refractivity contribution >= 4 is 33.5 Å². The normalized spacial score (nSPS) is 15.6. The number of fused-ring (bicyclic) bond motifs is 1. The molecule has 6 heteroatoms. The molecule has 4 aromatic rings. The summed E-state index contributed by atoms with van der Waals surface area (Å²) in [7, 11) is -7.01. The van der Waals surface area contributed by atoms with Crippen molar-refractivity contribution in [1.82, 2.24) is 0 Å². The van der Waals surface area contributed by atoms with E-state index in [1.54, 1.807) is 12.1 Å². The molecule has 5 rings (SSSR count). The molecule has 0 amide bonds. The maximum atomic E-state index is 15.0. The summed E-state index contributed by atoms with van der Waals surface area (Å²) in [4.78, 5) is 0.246. The van der Waals surface area contributed by atoms with Gasteiger partial charge < -0.3 is 4.57 Å². The second kappa shape index (κ2) is 9.38. The van der Waals surface area contributed by atoms with Crippen LogP contribution in [-0.2, 0) is 21.0 Å². The molecule has 1 heterocycles. The van der Waals surface area contributed by atoms with Crippen molar-refractivity contribution in [1.29, 1.82) is 0 Å². The summed E-state index contributed by atoms with van der Waals surface area (Å²) in [5.74, 6) is 0. The highest BCUT2D eigenvalue weighted by atomic mass is 32.2. The molecule has 36 heavy (non-hydrogen) atoms. The van der Waals surface area contributed by atoms with Crippen molar-refractivity contribution in [2.24, 2.45) is 0 Å². The highest BCUT2D eigenvalue weighted by molar-refractivity contribution is 7.93. The molecule has 0 bridgehead atoms. The van der Waals surface area contributed by atoms with Gasteiger partial charge in [0.15, 0.2) is 0 Å². The van der Waals surface area contributed by atoms with E-state index in [4.69, 9.17) is 0 Å². The fraction of sp³-hybridized carbons (Fsp3) is 0.200. The van der Waals surface area contributed by atoms with Gasteiger partial charge in [0, 0.05) is 16.8 Å². The SMILES string of the molecule is Cc1ccc(P(=O)(CC2Cc3ccccc3N2S(=O)(=O)c2ccc(C)cc2)c2ccc(C)cc2)cc1. The minimum absolute atomic E-state index is 0.221. The summed E-state index contributed by atoms with van der Waals surface area (Å²) >= 11 is 0. The van der Waals surface area contributed by atoms with Gasteiger partial charge in [0.25, 0.3) is 10.0 Å². The summed E-state index contributed by atoms with van der Waals surface area (Å²) in [6.45, 7) is 5.94. The summed E-state index contributed by atoms with van der Waals surface area (Å²) in [6, 6.07) is 29.7. The molecule has 0 radical (unpaired) electrons. The van der Waals surface area contributed by atoms with Crippen LogP contribution in [0.5, 0.6) is 0 Å². The van der Waals surface area contributed by atoms with Crippen molar-refractivity contribution in [3.8, 4) is 0 Å². The molecule has 0 fully saturated rings. The van der Waals surface area contributed by atoms with E-state index in [0.29, 0.717) is 12.1 Å². The van der Waals surface area contributed by atoms with Gasteiger partial charge in [-0.25, -0.2) is 8.42 Å². The molecule has 4 aromatic carbocycles. The number of hydrogen-bond acceptors (Lipinski definition) is 3. The van der Waals surface area contributed by atoms with Gasteiger partial charge in [-0.15, -0.1) is 0 Å². The Kier molecular flexibility index (Phi) is 6.40. The second-order valence-electron chi connectivity index (χ2n) is 9.69. The summed E-state index contributed by atoms with van der Waals surface area (Å²) in [6.07, 6.45) is 0.738. The van der Waals surface area contributed by atoms with E-state index < -0.39 is 23.2 Å². The lowest BCUT2D eigenvalue weighted by Gasteiger charge is -2.30. The molecule has 184 valence electrons. The maximum Gasteiger partial charge on any atom is 0.264 e.